The molecule has 88 valence electrons. The number of alkyl halides is 1. The lowest BCUT2D eigenvalue weighted by Crippen LogP contribution is -2.17. The molecule has 0 radical (unpaired) electrons. The lowest BCUT2D eigenvalue weighted by atomic mass is 10.3. The summed E-state index contributed by atoms with van der Waals surface area (Å²) in [6.07, 6.45) is 0. The van der Waals surface area contributed by atoms with Gasteiger partial charge < -0.3 is 0 Å². The van der Waals surface area contributed by atoms with Crippen LogP contribution in [0.1, 0.15) is 11.4 Å². The predicted molar refractivity (Wildman–Crippen MR) is 69.1 cm³/mol. The van der Waals surface area contributed by atoms with E-state index in [1.165, 1.54) is 6.07 Å². The third kappa shape index (κ3) is 2.51. The molecule has 1 heterocycles. The highest BCUT2D eigenvalue weighted by Crippen LogP contribution is 2.15. The van der Waals surface area contributed by atoms with Crippen LogP contribution in [0.4, 0.5) is 0 Å². The number of aryl methyl sites for hydroxylation is 1. The van der Waals surface area contributed by atoms with Gasteiger partial charge >= 0.3 is 0 Å². The van der Waals surface area contributed by atoms with Crippen molar-refractivity contribution in [3.63, 3.8) is 0 Å². The second-order valence-corrected chi connectivity index (χ2v) is 4.33. The SMILES string of the molecule is Cc1cc(=O)c(CCl)nn1-c1cccc(Cl)c1. The molecule has 0 amide bonds. The summed E-state index contributed by atoms with van der Waals surface area (Å²) < 4.78 is 1.66. The zero-order valence-electron chi connectivity index (χ0n) is 9.15. The Kier molecular flexibility index (Phi) is 3.50. The van der Waals surface area contributed by atoms with Crippen molar-refractivity contribution < 1.29 is 0 Å². The molecule has 0 atom stereocenters. The summed E-state index contributed by atoms with van der Waals surface area (Å²) in [5, 5.41) is 4.84. The molecular weight excluding hydrogens is 259 g/mol. The van der Waals surface area contributed by atoms with Crippen LogP contribution >= 0.6 is 23.2 Å². The van der Waals surface area contributed by atoms with Crippen molar-refractivity contribution in [2.45, 2.75) is 12.8 Å². The van der Waals surface area contributed by atoms with E-state index in [1.807, 2.05) is 19.1 Å². The Bertz CT molecular complexity index is 608. The molecule has 3 nitrogen and oxygen atoms in total. The van der Waals surface area contributed by atoms with Crippen molar-refractivity contribution >= 4 is 23.2 Å². The second kappa shape index (κ2) is 4.90. The minimum absolute atomic E-state index is 0.0969. The zero-order valence-corrected chi connectivity index (χ0v) is 10.7. The Labute approximate surface area is 109 Å². The summed E-state index contributed by atoms with van der Waals surface area (Å²) in [7, 11) is 0. The summed E-state index contributed by atoms with van der Waals surface area (Å²) in [4.78, 5) is 11.5. The van der Waals surface area contributed by atoms with E-state index in [4.69, 9.17) is 23.2 Å². The summed E-state index contributed by atoms with van der Waals surface area (Å²) in [5.41, 5.74) is 1.74. The van der Waals surface area contributed by atoms with Crippen LogP contribution in [0.2, 0.25) is 5.02 Å². The van der Waals surface area contributed by atoms with E-state index in [1.54, 1.807) is 16.8 Å². The number of aromatic nitrogens is 2. The van der Waals surface area contributed by atoms with Crippen LogP contribution in [0.25, 0.3) is 5.69 Å². The van der Waals surface area contributed by atoms with Gasteiger partial charge in [-0.2, -0.15) is 5.10 Å². The molecule has 0 saturated heterocycles. The number of benzene rings is 1. The first-order chi connectivity index (χ1) is 8.11. The Morgan fingerprint density at radius 1 is 1.35 bits per heavy atom. The quantitative estimate of drug-likeness (QED) is 0.785. The standard InChI is InChI=1S/C12H10Cl2N2O/c1-8-5-12(17)11(7-13)15-16(8)10-4-2-3-9(14)6-10/h2-6H,7H2,1H3. The van der Waals surface area contributed by atoms with Crippen molar-refractivity contribution in [1.82, 2.24) is 9.78 Å². The minimum atomic E-state index is -0.143. The van der Waals surface area contributed by atoms with Crippen molar-refractivity contribution in [3.8, 4) is 5.69 Å². The van der Waals surface area contributed by atoms with Crippen molar-refractivity contribution in [2.24, 2.45) is 0 Å². The summed E-state index contributed by atoms with van der Waals surface area (Å²) in [6.45, 7) is 1.81. The smallest absolute Gasteiger partial charge is 0.204 e. The molecule has 5 heteroatoms. The normalized spacial score (nSPS) is 10.5. The van der Waals surface area contributed by atoms with Crippen molar-refractivity contribution in [2.75, 3.05) is 0 Å². The molecule has 0 fully saturated rings. The van der Waals surface area contributed by atoms with Gasteiger partial charge in [0.05, 0.1) is 11.6 Å². The fraction of sp³-hybridized carbons (Fsp3) is 0.167. The van der Waals surface area contributed by atoms with Gasteiger partial charge in [0.2, 0.25) is 5.43 Å². The maximum Gasteiger partial charge on any atom is 0.204 e. The third-order valence-corrected chi connectivity index (χ3v) is 2.85. The van der Waals surface area contributed by atoms with Gasteiger partial charge in [-0.15, -0.1) is 11.6 Å². The zero-order chi connectivity index (χ0) is 12.4. The Morgan fingerprint density at radius 2 is 2.12 bits per heavy atom. The summed E-state index contributed by atoms with van der Waals surface area (Å²) in [6, 6.07) is 8.78. The highest BCUT2D eigenvalue weighted by atomic mass is 35.5. The van der Waals surface area contributed by atoms with Gasteiger partial charge in [-0.3, -0.25) is 4.79 Å². The minimum Gasteiger partial charge on any atom is -0.288 e. The highest BCUT2D eigenvalue weighted by molar-refractivity contribution is 6.30. The van der Waals surface area contributed by atoms with Crippen LogP contribution in [0.5, 0.6) is 0 Å². The van der Waals surface area contributed by atoms with Crippen LogP contribution in [0, 0.1) is 6.92 Å². The summed E-state index contributed by atoms with van der Waals surface area (Å²) >= 11 is 11.6. The first-order valence-corrected chi connectivity index (χ1v) is 5.95. The van der Waals surface area contributed by atoms with Crippen molar-refractivity contribution in [3.05, 3.63) is 57.0 Å². The molecule has 0 bridgehead atoms. The highest BCUT2D eigenvalue weighted by Gasteiger charge is 2.06. The molecule has 0 spiro atoms. The van der Waals surface area contributed by atoms with E-state index in [9.17, 15) is 4.79 Å². The van der Waals surface area contributed by atoms with E-state index in [0.29, 0.717) is 10.7 Å². The maximum absolute atomic E-state index is 11.5. The van der Waals surface area contributed by atoms with E-state index < -0.39 is 0 Å². The van der Waals surface area contributed by atoms with E-state index in [2.05, 4.69) is 5.10 Å². The number of rotatable bonds is 2. The molecule has 2 rings (SSSR count). The van der Waals surface area contributed by atoms with Crippen LogP contribution in [0.15, 0.2) is 35.1 Å². The Balaban J connectivity index is 2.63. The van der Waals surface area contributed by atoms with Gasteiger partial charge in [0.1, 0.15) is 5.69 Å². The first-order valence-electron chi connectivity index (χ1n) is 5.03. The molecule has 2 aromatic rings. The van der Waals surface area contributed by atoms with Gasteiger partial charge in [-0.1, -0.05) is 17.7 Å². The molecule has 0 aliphatic rings. The van der Waals surface area contributed by atoms with Gasteiger partial charge in [0.15, 0.2) is 0 Å². The molecule has 1 aromatic carbocycles. The largest absolute Gasteiger partial charge is 0.288 e. The molecule has 0 saturated carbocycles. The van der Waals surface area contributed by atoms with Crippen LogP contribution < -0.4 is 5.43 Å². The predicted octanol–water partition coefficient (Wildman–Crippen LogP) is 2.93. The van der Waals surface area contributed by atoms with Crippen LogP contribution in [0.3, 0.4) is 0 Å². The first kappa shape index (κ1) is 12.1. The van der Waals surface area contributed by atoms with Gasteiger partial charge in [-0.25, -0.2) is 4.68 Å². The fourth-order valence-electron chi connectivity index (χ4n) is 1.54. The number of halogens is 2. The van der Waals surface area contributed by atoms with Gasteiger partial charge in [0.25, 0.3) is 0 Å². The fourth-order valence-corrected chi connectivity index (χ4v) is 1.91. The Morgan fingerprint density at radius 3 is 2.76 bits per heavy atom. The molecule has 0 aliphatic carbocycles. The van der Waals surface area contributed by atoms with Gasteiger partial charge in [-0.05, 0) is 25.1 Å². The molecule has 1 aromatic heterocycles. The molecule has 17 heavy (non-hydrogen) atoms. The topological polar surface area (TPSA) is 34.9 Å². The van der Waals surface area contributed by atoms with E-state index >= 15 is 0 Å². The molecule has 0 aliphatic heterocycles. The average Bonchev–Trinajstić information content (AvgIpc) is 2.29. The Hall–Kier alpha value is -1.32. The van der Waals surface area contributed by atoms with Crippen LogP contribution in [-0.4, -0.2) is 9.78 Å². The average molecular weight is 269 g/mol. The molecule has 0 N–H and O–H groups in total. The second-order valence-electron chi connectivity index (χ2n) is 3.62. The monoisotopic (exact) mass is 268 g/mol. The summed E-state index contributed by atoms with van der Waals surface area (Å²) in [5.74, 6) is 0.0969. The number of nitrogens with zero attached hydrogens (tertiary/aromatic N) is 2. The van der Waals surface area contributed by atoms with E-state index in [0.717, 1.165) is 11.4 Å². The lowest BCUT2D eigenvalue weighted by molar-refractivity contribution is 0.772. The van der Waals surface area contributed by atoms with E-state index in [-0.39, 0.29) is 11.3 Å². The number of hydrogen-bond acceptors (Lipinski definition) is 2. The molecular formula is C12H10Cl2N2O. The van der Waals surface area contributed by atoms with Crippen molar-refractivity contribution in [1.29, 1.82) is 0 Å². The third-order valence-electron chi connectivity index (χ3n) is 2.36. The lowest BCUT2D eigenvalue weighted by Gasteiger charge is -2.10. The molecule has 0 unspecified atom stereocenters. The maximum atomic E-state index is 11.5. The van der Waals surface area contributed by atoms with Crippen LogP contribution in [-0.2, 0) is 5.88 Å². The van der Waals surface area contributed by atoms with Gasteiger partial charge in [0, 0.05) is 16.8 Å². The number of hydrogen-bond donors (Lipinski definition) is 0.